The van der Waals surface area contributed by atoms with Gasteiger partial charge in [-0.25, -0.2) is 0 Å². The minimum absolute atomic E-state index is 0.238. The molecule has 1 aliphatic carbocycles. The number of rotatable bonds is 2. The number of aliphatic hydroxyl groups is 2. The van der Waals surface area contributed by atoms with Crippen LogP contribution in [0.4, 0.5) is 0 Å². The summed E-state index contributed by atoms with van der Waals surface area (Å²) in [5, 5.41) is 18.5. The quantitative estimate of drug-likeness (QED) is 0.602. The van der Waals surface area contributed by atoms with Crippen molar-refractivity contribution in [2.75, 3.05) is 6.61 Å². The first-order valence-corrected chi connectivity index (χ1v) is 4.68. The summed E-state index contributed by atoms with van der Waals surface area (Å²) in [6.45, 7) is 2.12. The SMILES string of the molecule is CCOC(=O)C1CCC(O)C(O)C1. The molecule has 0 aromatic heterocycles. The van der Waals surface area contributed by atoms with E-state index in [0.717, 1.165) is 0 Å². The van der Waals surface area contributed by atoms with E-state index in [0.29, 0.717) is 25.9 Å². The van der Waals surface area contributed by atoms with Crippen molar-refractivity contribution in [3.8, 4) is 0 Å². The highest BCUT2D eigenvalue weighted by atomic mass is 16.5. The van der Waals surface area contributed by atoms with Gasteiger partial charge in [0.05, 0.1) is 24.7 Å². The Hall–Kier alpha value is -0.610. The molecule has 1 fully saturated rings. The van der Waals surface area contributed by atoms with E-state index in [-0.39, 0.29) is 11.9 Å². The molecular weight excluding hydrogens is 172 g/mol. The summed E-state index contributed by atoms with van der Waals surface area (Å²) in [7, 11) is 0. The van der Waals surface area contributed by atoms with Crippen LogP contribution in [0.2, 0.25) is 0 Å². The lowest BCUT2D eigenvalue weighted by Gasteiger charge is -2.28. The smallest absolute Gasteiger partial charge is 0.309 e. The summed E-state index contributed by atoms with van der Waals surface area (Å²) >= 11 is 0. The fourth-order valence-electron chi connectivity index (χ4n) is 1.60. The molecule has 13 heavy (non-hydrogen) atoms. The summed E-state index contributed by atoms with van der Waals surface area (Å²) in [5.41, 5.74) is 0. The summed E-state index contributed by atoms with van der Waals surface area (Å²) < 4.78 is 4.83. The van der Waals surface area contributed by atoms with Crippen LogP contribution >= 0.6 is 0 Å². The van der Waals surface area contributed by atoms with Crippen molar-refractivity contribution in [1.29, 1.82) is 0 Å². The van der Waals surface area contributed by atoms with E-state index in [1.165, 1.54) is 0 Å². The number of carbonyl (C=O) groups excluding carboxylic acids is 1. The number of aliphatic hydroxyl groups excluding tert-OH is 2. The molecule has 1 saturated carbocycles. The van der Waals surface area contributed by atoms with Crippen molar-refractivity contribution in [1.82, 2.24) is 0 Å². The third-order valence-corrected chi connectivity index (χ3v) is 2.40. The first-order valence-electron chi connectivity index (χ1n) is 4.68. The minimum Gasteiger partial charge on any atom is -0.466 e. The maximum absolute atomic E-state index is 11.2. The van der Waals surface area contributed by atoms with E-state index >= 15 is 0 Å². The van der Waals surface area contributed by atoms with Crippen molar-refractivity contribution in [3.05, 3.63) is 0 Å². The molecule has 0 spiro atoms. The van der Waals surface area contributed by atoms with E-state index in [2.05, 4.69) is 0 Å². The zero-order valence-electron chi connectivity index (χ0n) is 7.77. The molecule has 76 valence electrons. The topological polar surface area (TPSA) is 66.8 Å². The van der Waals surface area contributed by atoms with Crippen LogP contribution in [0.1, 0.15) is 26.2 Å². The van der Waals surface area contributed by atoms with Gasteiger partial charge in [0.2, 0.25) is 0 Å². The predicted molar refractivity (Wildman–Crippen MR) is 46.0 cm³/mol. The van der Waals surface area contributed by atoms with Gasteiger partial charge in [0.25, 0.3) is 0 Å². The van der Waals surface area contributed by atoms with Gasteiger partial charge in [-0.1, -0.05) is 0 Å². The van der Waals surface area contributed by atoms with E-state index in [4.69, 9.17) is 4.74 Å². The average molecular weight is 188 g/mol. The predicted octanol–water partition coefficient (Wildman–Crippen LogP) is 0.0714. The van der Waals surface area contributed by atoms with E-state index in [1.807, 2.05) is 0 Å². The fraction of sp³-hybridized carbons (Fsp3) is 0.889. The molecule has 4 nitrogen and oxygen atoms in total. The van der Waals surface area contributed by atoms with Crippen molar-refractivity contribution >= 4 is 5.97 Å². The Labute approximate surface area is 77.5 Å². The Morgan fingerprint density at radius 1 is 1.38 bits per heavy atom. The zero-order chi connectivity index (χ0) is 9.84. The molecule has 2 N–H and O–H groups in total. The van der Waals surface area contributed by atoms with Gasteiger partial charge >= 0.3 is 5.97 Å². The van der Waals surface area contributed by atoms with Gasteiger partial charge in [-0.05, 0) is 26.2 Å². The number of ether oxygens (including phenoxy) is 1. The lowest BCUT2D eigenvalue weighted by Crippen LogP contribution is -2.36. The largest absolute Gasteiger partial charge is 0.466 e. The van der Waals surface area contributed by atoms with Crippen LogP contribution in [0, 0.1) is 5.92 Å². The Kier molecular flexibility index (Phi) is 3.69. The molecule has 4 heteroatoms. The van der Waals surface area contributed by atoms with E-state index < -0.39 is 12.2 Å². The molecule has 0 aliphatic heterocycles. The molecule has 3 atom stereocenters. The molecule has 0 radical (unpaired) electrons. The van der Waals surface area contributed by atoms with Gasteiger partial charge < -0.3 is 14.9 Å². The van der Waals surface area contributed by atoms with Crippen LogP contribution in [0.5, 0.6) is 0 Å². The van der Waals surface area contributed by atoms with Crippen molar-refractivity contribution in [2.24, 2.45) is 5.92 Å². The average Bonchev–Trinajstić information content (AvgIpc) is 2.10. The monoisotopic (exact) mass is 188 g/mol. The highest BCUT2D eigenvalue weighted by Gasteiger charge is 2.32. The standard InChI is InChI=1S/C9H16O4/c1-2-13-9(12)6-3-4-7(10)8(11)5-6/h6-8,10-11H,2-5H2,1H3. The minimum atomic E-state index is -0.775. The summed E-state index contributed by atoms with van der Waals surface area (Å²) in [5.74, 6) is -0.494. The van der Waals surface area contributed by atoms with Crippen LogP contribution in [0.15, 0.2) is 0 Å². The van der Waals surface area contributed by atoms with Gasteiger partial charge in [0, 0.05) is 0 Å². The Morgan fingerprint density at radius 3 is 2.62 bits per heavy atom. The van der Waals surface area contributed by atoms with Crippen LogP contribution < -0.4 is 0 Å². The second kappa shape index (κ2) is 4.58. The normalized spacial score (nSPS) is 34.2. The molecule has 0 saturated heterocycles. The fourth-order valence-corrected chi connectivity index (χ4v) is 1.60. The van der Waals surface area contributed by atoms with Gasteiger partial charge in [0.15, 0.2) is 0 Å². The Balaban J connectivity index is 2.40. The number of esters is 1. The van der Waals surface area contributed by atoms with Crippen LogP contribution in [0.3, 0.4) is 0 Å². The second-order valence-corrected chi connectivity index (χ2v) is 3.40. The summed E-state index contributed by atoms with van der Waals surface area (Å²) in [6, 6.07) is 0. The van der Waals surface area contributed by atoms with E-state index in [1.54, 1.807) is 6.92 Å². The van der Waals surface area contributed by atoms with Gasteiger partial charge in [-0.2, -0.15) is 0 Å². The lowest BCUT2D eigenvalue weighted by atomic mass is 9.85. The van der Waals surface area contributed by atoms with Crippen molar-refractivity contribution < 1.29 is 19.7 Å². The maximum Gasteiger partial charge on any atom is 0.309 e. The van der Waals surface area contributed by atoms with E-state index in [9.17, 15) is 15.0 Å². The molecule has 1 aliphatic rings. The highest BCUT2D eigenvalue weighted by molar-refractivity contribution is 5.72. The molecule has 0 heterocycles. The second-order valence-electron chi connectivity index (χ2n) is 3.40. The zero-order valence-corrected chi connectivity index (χ0v) is 7.77. The Morgan fingerprint density at radius 2 is 2.08 bits per heavy atom. The molecular formula is C9H16O4. The van der Waals surface area contributed by atoms with Crippen molar-refractivity contribution in [3.63, 3.8) is 0 Å². The Bertz CT molecular complexity index is 180. The maximum atomic E-state index is 11.2. The lowest BCUT2D eigenvalue weighted by molar-refractivity contribution is -0.152. The number of hydrogen-bond acceptors (Lipinski definition) is 4. The first kappa shape index (κ1) is 10.5. The summed E-state index contributed by atoms with van der Waals surface area (Å²) in [4.78, 5) is 11.2. The molecule has 0 amide bonds. The highest BCUT2D eigenvalue weighted by Crippen LogP contribution is 2.25. The number of carbonyl (C=O) groups is 1. The van der Waals surface area contributed by atoms with Gasteiger partial charge in [-0.15, -0.1) is 0 Å². The molecule has 0 bridgehead atoms. The molecule has 1 rings (SSSR count). The van der Waals surface area contributed by atoms with Crippen LogP contribution in [0.25, 0.3) is 0 Å². The number of hydrogen-bond donors (Lipinski definition) is 2. The van der Waals surface area contributed by atoms with Gasteiger partial charge in [0.1, 0.15) is 0 Å². The molecule has 3 unspecified atom stereocenters. The first-order chi connectivity index (χ1) is 6.15. The van der Waals surface area contributed by atoms with Crippen LogP contribution in [-0.2, 0) is 9.53 Å². The molecule has 0 aromatic rings. The summed E-state index contributed by atoms with van der Waals surface area (Å²) in [6.07, 6.45) is -0.0457. The van der Waals surface area contributed by atoms with Crippen molar-refractivity contribution in [2.45, 2.75) is 38.4 Å². The third kappa shape index (κ3) is 2.67. The van der Waals surface area contributed by atoms with Crippen LogP contribution in [-0.4, -0.2) is 35.0 Å². The van der Waals surface area contributed by atoms with Gasteiger partial charge in [-0.3, -0.25) is 4.79 Å². The molecule has 0 aromatic carbocycles. The third-order valence-electron chi connectivity index (χ3n) is 2.40.